The summed E-state index contributed by atoms with van der Waals surface area (Å²) in [6.45, 7) is 3.58. The zero-order chi connectivity index (χ0) is 20.8. The summed E-state index contributed by atoms with van der Waals surface area (Å²) >= 11 is 6.03. The quantitative estimate of drug-likeness (QED) is 0.672. The number of carbonyl (C=O) groups is 2. The predicted molar refractivity (Wildman–Crippen MR) is 108 cm³/mol. The lowest BCUT2D eigenvalue weighted by Gasteiger charge is -2.36. The molecule has 2 aromatic carbocycles. The number of ether oxygens (including phenoxy) is 2. The number of halogens is 2. The fraction of sp³-hybridized carbons (Fsp3) is 0.333. The Kier molecular flexibility index (Phi) is 6.93. The van der Waals surface area contributed by atoms with E-state index in [9.17, 15) is 14.0 Å². The molecule has 154 valence electrons. The maximum Gasteiger partial charge on any atom is 0.347 e. The molecule has 3 rings (SSSR count). The Hall–Kier alpha value is -2.80. The molecule has 8 heteroatoms. The number of carbonyl (C=O) groups excluding carboxylic acids is 2. The van der Waals surface area contributed by atoms with Gasteiger partial charge in [0.1, 0.15) is 11.6 Å². The third-order valence-corrected chi connectivity index (χ3v) is 4.84. The number of rotatable bonds is 6. The van der Waals surface area contributed by atoms with Crippen LogP contribution in [-0.2, 0) is 14.3 Å². The lowest BCUT2D eigenvalue weighted by Crippen LogP contribution is -2.50. The van der Waals surface area contributed by atoms with Crippen LogP contribution < -0.4 is 9.64 Å². The topological polar surface area (TPSA) is 59.1 Å². The van der Waals surface area contributed by atoms with Crippen LogP contribution in [0.15, 0.2) is 48.5 Å². The van der Waals surface area contributed by atoms with E-state index in [1.165, 1.54) is 31.2 Å². The fourth-order valence-electron chi connectivity index (χ4n) is 2.99. The summed E-state index contributed by atoms with van der Waals surface area (Å²) in [6.07, 6.45) is -0.909. The van der Waals surface area contributed by atoms with Gasteiger partial charge in [0.15, 0.2) is 12.7 Å². The number of esters is 1. The van der Waals surface area contributed by atoms with Crippen LogP contribution in [-0.4, -0.2) is 55.7 Å². The van der Waals surface area contributed by atoms with E-state index < -0.39 is 17.9 Å². The molecule has 0 unspecified atom stereocenters. The van der Waals surface area contributed by atoms with Crippen molar-refractivity contribution < 1.29 is 23.5 Å². The van der Waals surface area contributed by atoms with Crippen LogP contribution >= 0.6 is 11.6 Å². The summed E-state index contributed by atoms with van der Waals surface area (Å²) in [7, 11) is 0. The van der Waals surface area contributed by atoms with Crippen molar-refractivity contribution in [3.8, 4) is 5.75 Å². The van der Waals surface area contributed by atoms with Gasteiger partial charge in [-0.05, 0) is 49.4 Å². The zero-order valence-corrected chi connectivity index (χ0v) is 16.8. The Morgan fingerprint density at radius 3 is 2.45 bits per heavy atom. The van der Waals surface area contributed by atoms with Crippen molar-refractivity contribution in [2.24, 2.45) is 0 Å². The minimum Gasteiger partial charge on any atom is -0.479 e. The van der Waals surface area contributed by atoms with Crippen molar-refractivity contribution in [1.82, 2.24) is 4.90 Å². The standard InChI is InChI=1S/C21H22ClFN2O4/c1-15(29-19-7-5-17(23)6-8-19)21(27)28-14-20(26)25-11-9-24(10-12-25)18-4-2-3-16(22)13-18/h2-8,13,15H,9-12,14H2,1H3/t15-/m0/s1. The number of nitrogens with zero attached hydrogens (tertiary/aromatic N) is 2. The Labute approximate surface area is 173 Å². The monoisotopic (exact) mass is 420 g/mol. The average molecular weight is 421 g/mol. The molecule has 29 heavy (non-hydrogen) atoms. The van der Waals surface area contributed by atoms with Crippen LogP contribution in [0.2, 0.25) is 5.02 Å². The molecule has 6 nitrogen and oxygen atoms in total. The van der Waals surface area contributed by atoms with Gasteiger partial charge in [-0.15, -0.1) is 0 Å². The van der Waals surface area contributed by atoms with Gasteiger partial charge in [0.05, 0.1) is 0 Å². The molecule has 1 heterocycles. The van der Waals surface area contributed by atoms with Gasteiger partial charge < -0.3 is 19.3 Å². The Balaban J connectivity index is 1.42. The van der Waals surface area contributed by atoms with Crippen LogP contribution in [0, 0.1) is 5.82 Å². The van der Waals surface area contributed by atoms with Gasteiger partial charge in [-0.1, -0.05) is 17.7 Å². The Bertz CT molecular complexity index is 854. The lowest BCUT2D eigenvalue weighted by atomic mass is 10.2. The number of piperazine rings is 1. The van der Waals surface area contributed by atoms with Gasteiger partial charge in [-0.3, -0.25) is 4.79 Å². The second-order valence-electron chi connectivity index (χ2n) is 6.67. The molecule has 0 aromatic heterocycles. The molecule has 1 amide bonds. The van der Waals surface area contributed by atoms with Crippen molar-refractivity contribution in [1.29, 1.82) is 0 Å². The maximum atomic E-state index is 12.9. The van der Waals surface area contributed by atoms with Gasteiger partial charge in [-0.25, -0.2) is 9.18 Å². The molecule has 0 saturated carbocycles. The maximum absolute atomic E-state index is 12.9. The van der Waals surface area contributed by atoms with Gasteiger partial charge in [0.25, 0.3) is 5.91 Å². The van der Waals surface area contributed by atoms with Crippen LogP contribution in [0.4, 0.5) is 10.1 Å². The molecule has 0 bridgehead atoms. The van der Waals surface area contributed by atoms with E-state index in [-0.39, 0.29) is 12.5 Å². The van der Waals surface area contributed by atoms with Crippen molar-refractivity contribution in [2.75, 3.05) is 37.7 Å². The number of anilines is 1. The first-order valence-electron chi connectivity index (χ1n) is 9.29. The number of hydrogen-bond donors (Lipinski definition) is 0. The van der Waals surface area contributed by atoms with Crippen molar-refractivity contribution in [2.45, 2.75) is 13.0 Å². The van der Waals surface area contributed by atoms with Gasteiger partial charge in [-0.2, -0.15) is 0 Å². The van der Waals surface area contributed by atoms with E-state index in [4.69, 9.17) is 21.1 Å². The van der Waals surface area contributed by atoms with Gasteiger partial charge >= 0.3 is 5.97 Å². The van der Waals surface area contributed by atoms with Gasteiger partial charge in [0, 0.05) is 36.9 Å². The van der Waals surface area contributed by atoms with E-state index in [1.807, 2.05) is 24.3 Å². The molecule has 0 aliphatic carbocycles. The summed E-state index contributed by atoms with van der Waals surface area (Å²) in [4.78, 5) is 28.2. The van der Waals surface area contributed by atoms with Crippen molar-refractivity contribution >= 4 is 29.2 Å². The van der Waals surface area contributed by atoms with Crippen LogP contribution in [0.25, 0.3) is 0 Å². The lowest BCUT2D eigenvalue weighted by molar-refractivity contribution is -0.157. The molecule has 0 radical (unpaired) electrons. The number of benzene rings is 2. The molecule has 0 N–H and O–H groups in total. The SMILES string of the molecule is C[C@H](Oc1ccc(F)cc1)C(=O)OCC(=O)N1CCN(c2cccc(Cl)c2)CC1. The summed E-state index contributed by atoms with van der Waals surface area (Å²) in [5, 5.41) is 0.671. The molecular weight excluding hydrogens is 399 g/mol. The van der Waals surface area contributed by atoms with Crippen molar-refractivity contribution in [3.05, 3.63) is 59.4 Å². The van der Waals surface area contributed by atoms with E-state index in [0.29, 0.717) is 37.0 Å². The second kappa shape index (κ2) is 9.60. The molecular formula is C21H22ClFN2O4. The highest BCUT2D eigenvalue weighted by Crippen LogP contribution is 2.21. The summed E-state index contributed by atoms with van der Waals surface area (Å²) in [5.74, 6) is -0.953. The minimum atomic E-state index is -0.909. The molecule has 1 aliphatic rings. The molecule has 1 saturated heterocycles. The van der Waals surface area contributed by atoms with Crippen LogP contribution in [0.1, 0.15) is 6.92 Å². The largest absolute Gasteiger partial charge is 0.479 e. The first-order valence-corrected chi connectivity index (χ1v) is 9.67. The zero-order valence-electron chi connectivity index (χ0n) is 16.0. The van der Waals surface area contributed by atoms with E-state index in [1.54, 1.807) is 4.90 Å². The third-order valence-electron chi connectivity index (χ3n) is 4.60. The molecule has 2 aromatic rings. The predicted octanol–water partition coefficient (Wildman–Crippen LogP) is 3.14. The summed E-state index contributed by atoms with van der Waals surface area (Å²) in [6, 6.07) is 12.9. The van der Waals surface area contributed by atoms with E-state index >= 15 is 0 Å². The summed E-state index contributed by atoms with van der Waals surface area (Å²) in [5.41, 5.74) is 1.02. The second-order valence-corrected chi connectivity index (χ2v) is 7.11. The van der Waals surface area contributed by atoms with Gasteiger partial charge in [0.2, 0.25) is 0 Å². The normalized spacial score (nSPS) is 15.0. The Morgan fingerprint density at radius 2 is 1.79 bits per heavy atom. The molecule has 1 fully saturated rings. The first-order chi connectivity index (χ1) is 13.9. The van der Waals surface area contributed by atoms with E-state index in [2.05, 4.69) is 4.90 Å². The van der Waals surface area contributed by atoms with Crippen LogP contribution in [0.5, 0.6) is 5.75 Å². The molecule has 0 spiro atoms. The molecule has 1 aliphatic heterocycles. The first kappa shape index (κ1) is 20.9. The number of hydrogen-bond acceptors (Lipinski definition) is 5. The van der Waals surface area contributed by atoms with Crippen molar-refractivity contribution in [3.63, 3.8) is 0 Å². The highest BCUT2D eigenvalue weighted by molar-refractivity contribution is 6.30. The highest BCUT2D eigenvalue weighted by Gasteiger charge is 2.24. The minimum absolute atomic E-state index is 0.252. The highest BCUT2D eigenvalue weighted by atomic mass is 35.5. The molecule has 1 atom stereocenters. The summed E-state index contributed by atoms with van der Waals surface area (Å²) < 4.78 is 23.4. The third kappa shape index (κ3) is 5.84. The fourth-order valence-corrected chi connectivity index (χ4v) is 3.18. The average Bonchev–Trinajstić information content (AvgIpc) is 2.73. The Morgan fingerprint density at radius 1 is 1.10 bits per heavy atom. The van der Waals surface area contributed by atoms with Crippen LogP contribution in [0.3, 0.4) is 0 Å². The smallest absolute Gasteiger partial charge is 0.347 e. The van der Waals surface area contributed by atoms with E-state index in [0.717, 1.165) is 5.69 Å². The number of amides is 1.